The third kappa shape index (κ3) is 3.98. The molecule has 0 aliphatic heterocycles. The number of hydrogen-bond donors (Lipinski definition) is 2. The number of carbonyl (C=O) groups is 2. The van der Waals surface area contributed by atoms with Gasteiger partial charge in [-0.1, -0.05) is 17.7 Å². The molecule has 2 amide bonds. The molecule has 0 spiro atoms. The van der Waals surface area contributed by atoms with Gasteiger partial charge in [0.05, 0.1) is 23.4 Å². The number of nitrogens with one attached hydrogen (secondary N) is 2. The van der Waals surface area contributed by atoms with Gasteiger partial charge in [0.1, 0.15) is 11.6 Å². The summed E-state index contributed by atoms with van der Waals surface area (Å²) in [5.74, 6) is -1.09. The van der Waals surface area contributed by atoms with Gasteiger partial charge in [-0.2, -0.15) is 0 Å². The fourth-order valence-electron chi connectivity index (χ4n) is 1.94. The standard InChI is InChI=1S/C16H14ClFN2O3/c1-9(21)19-13-7-6-10(8-14(13)23-2)20-16(22)11-4-3-5-12(18)15(11)17/h3-8H,1-2H3,(H,19,21)(H,20,22). The van der Waals surface area contributed by atoms with Crippen LogP contribution in [0.1, 0.15) is 17.3 Å². The molecule has 0 heterocycles. The predicted molar refractivity (Wildman–Crippen MR) is 86.7 cm³/mol. The number of halogens is 2. The molecule has 7 heteroatoms. The van der Waals surface area contributed by atoms with Crippen LogP contribution in [0, 0.1) is 5.82 Å². The van der Waals surface area contributed by atoms with Crippen molar-refractivity contribution in [1.82, 2.24) is 0 Å². The summed E-state index contributed by atoms with van der Waals surface area (Å²) in [6.07, 6.45) is 0. The topological polar surface area (TPSA) is 67.4 Å². The summed E-state index contributed by atoms with van der Waals surface area (Å²) in [7, 11) is 1.44. The number of carbonyl (C=O) groups excluding carboxylic acids is 2. The first kappa shape index (κ1) is 16.8. The van der Waals surface area contributed by atoms with Gasteiger partial charge in [-0.25, -0.2) is 4.39 Å². The molecule has 0 fully saturated rings. The van der Waals surface area contributed by atoms with E-state index < -0.39 is 11.7 Å². The Morgan fingerprint density at radius 2 is 1.91 bits per heavy atom. The summed E-state index contributed by atoms with van der Waals surface area (Å²) in [5.41, 5.74) is 0.916. The van der Waals surface area contributed by atoms with Gasteiger partial charge in [0.2, 0.25) is 5.91 Å². The Morgan fingerprint density at radius 3 is 2.57 bits per heavy atom. The van der Waals surface area contributed by atoms with Crippen LogP contribution >= 0.6 is 11.6 Å². The number of ether oxygens (including phenoxy) is 1. The SMILES string of the molecule is COc1cc(NC(=O)c2cccc(F)c2Cl)ccc1NC(C)=O. The van der Waals surface area contributed by atoms with Crippen molar-refractivity contribution in [1.29, 1.82) is 0 Å². The minimum absolute atomic E-state index is 0.0246. The van der Waals surface area contributed by atoms with E-state index in [0.717, 1.165) is 0 Å². The van der Waals surface area contributed by atoms with E-state index in [0.29, 0.717) is 17.1 Å². The maximum Gasteiger partial charge on any atom is 0.257 e. The Bertz CT molecular complexity index is 765. The third-order valence-electron chi connectivity index (χ3n) is 2.97. The fourth-order valence-corrected chi connectivity index (χ4v) is 2.15. The normalized spacial score (nSPS) is 10.1. The predicted octanol–water partition coefficient (Wildman–Crippen LogP) is 3.70. The lowest BCUT2D eigenvalue weighted by Crippen LogP contribution is -2.13. The largest absolute Gasteiger partial charge is 0.494 e. The highest BCUT2D eigenvalue weighted by molar-refractivity contribution is 6.34. The van der Waals surface area contributed by atoms with E-state index >= 15 is 0 Å². The van der Waals surface area contributed by atoms with Gasteiger partial charge in [-0.15, -0.1) is 0 Å². The summed E-state index contributed by atoms with van der Waals surface area (Å²) in [6, 6.07) is 8.70. The second-order valence-electron chi connectivity index (χ2n) is 4.65. The summed E-state index contributed by atoms with van der Waals surface area (Å²) >= 11 is 5.79. The van der Waals surface area contributed by atoms with Crippen LogP contribution in [0.25, 0.3) is 0 Å². The van der Waals surface area contributed by atoms with Crippen molar-refractivity contribution in [3.63, 3.8) is 0 Å². The third-order valence-corrected chi connectivity index (χ3v) is 3.35. The van der Waals surface area contributed by atoms with Crippen molar-refractivity contribution in [2.45, 2.75) is 6.92 Å². The Hall–Kier alpha value is -2.60. The monoisotopic (exact) mass is 336 g/mol. The Kier molecular flexibility index (Phi) is 5.18. The zero-order chi connectivity index (χ0) is 17.0. The van der Waals surface area contributed by atoms with E-state index in [1.807, 2.05) is 0 Å². The summed E-state index contributed by atoms with van der Waals surface area (Å²) in [6.45, 7) is 1.38. The minimum atomic E-state index is -0.669. The highest BCUT2D eigenvalue weighted by Gasteiger charge is 2.14. The van der Waals surface area contributed by atoms with Crippen LogP contribution in [0.15, 0.2) is 36.4 Å². The molecule has 0 saturated carbocycles. The fraction of sp³-hybridized carbons (Fsp3) is 0.125. The van der Waals surface area contributed by atoms with Crippen molar-refractivity contribution in [3.8, 4) is 5.75 Å². The first-order valence-corrected chi connectivity index (χ1v) is 7.01. The van der Waals surface area contributed by atoms with Gasteiger partial charge in [0.25, 0.3) is 5.91 Å². The quantitative estimate of drug-likeness (QED) is 0.894. The zero-order valence-corrected chi connectivity index (χ0v) is 13.2. The number of methoxy groups -OCH3 is 1. The van der Waals surface area contributed by atoms with Gasteiger partial charge >= 0.3 is 0 Å². The molecule has 0 aliphatic rings. The number of benzene rings is 2. The van der Waals surface area contributed by atoms with Gasteiger partial charge in [-0.05, 0) is 24.3 Å². The first-order valence-electron chi connectivity index (χ1n) is 6.63. The number of amides is 2. The van der Waals surface area contributed by atoms with E-state index in [2.05, 4.69) is 10.6 Å². The smallest absolute Gasteiger partial charge is 0.257 e. The van der Waals surface area contributed by atoms with Crippen LogP contribution < -0.4 is 15.4 Å². The molecule has 0 bridgehead atoms. The van der Waals surface area contributed by atoms with Crippen molar-refractivity contribution in [3.05, 3.63) is 52.8 Å². The van der Waals surface area contributed by atoms with E-state index in [9.17, 15) is 14.0 Å². The molecule has 2 rings (SSSR count). The average molecular weight is 337 g/mol. The molecule has 0 saturated heterocycles. The highest BCUT2D eigenvalue weighted by atomic mass is 35.5. The molecule has 23 heavy (non-hydrogen) atoms. The zero-order valence-electron chi connectivity index (χ0n) is 12.4. The summed E-state index contributed by atoms with van der Waals surface area (Å²) in [4.78, 5) is 23.3. The maximum absolute atomic E-state index is 13.4. The molecular formula is C16H14ClFN2O3. The Labute approximate surface area is 137 Å². The van der Waals surface area contributed by atoms with Crippen LogP contribution in [-0.2, 0) is 4.79 Å². The molecule has 2 aromatic rings. The molecular weight excluding hydrogens is 323 g/mol. The van der Waals surface area contributed by atoms with Gasteiger partial charge in [0, 0.05) is 18.7 Å². The molecule has 0 radical (unpaired) electrons. The maximum atomic E-state index is 13.4. The average Bonchev–Trinajstić information content (AvgIpc) is 2.50. The van der Waals surface area contributed by atoms with E-state index in [1.54, 1.807) is 12.1 Å². The lowest BCUT2D eigenvalue weighted by atomic mass is 10.2. The van der Waals surface area contributed by atoms with Crippen LogP contribution in [-0.4, -0.2) is 18.9 Å². The van der Waals surface area contributed by atoms with Crippen LogP contribution in [0.3, 0.4) is 0 Å². The van der Waals surface area contributed by atoms with Crippen LogP contribution in [0.5, 0.6) is 5.75 Å². The minimum Gasteiger partial charge on any atom is -0.494 e. The van der Waals surface area contributed by atoms with Crippen molar-refractivity contribution >= 4 is 34.8 Å². The lowest BCUT2D eigenvalue weighted by molar-refractivity contribution is -0.114. The second kappa shape index (κ2) is 7.11. The van der Waals surface area contributed by atoms with Gasteiger partial charge < -0.3 is 15.4 Å². The van der Waals surface area contributed by atoms with Crippen molar-refractivity contribution < 1.29 is 18.7 Å². The molecule has 2 aromatic carbocycles. The van der Waals surface area contributed by atoms with E-state index in [1.165, 1.54) is 38.3 Å². The van der Waals surface area contributed by atoms with Crippen molar-refractivity contribution in [2.75, 3.05) is 17.7 Å². The first-order chi connectivity index (χ1) is 10.9. The van der Waals surface area contributed by atoms with Crippen LogP contribution in [0.2, 0.25) is 5.02 Å². The highest BCUT2D eigenvalue weighted by Crippen LogP contribution is 2.28. The molecule has 2 N–H and O–H groups in total. The number of rotatable bonds is 4. The Morgan fingerprint density at radius 1 is 1.17 bits per heavy atom. The second-order valence-corrected chi connectivity index (χ2v) is 5.03. The number of hydrogen-bond acceptors (Lipinski definition) is 3. The lowest BCUT2D eigenvalue weighted by Gasteiger charge is -2.12. The van der Waals surface area contributed by atoms with E-state index in [4.69, 9.17) is 16.3 Å². The summed E-state index contributed by atoms with van der Waals surface area (Å²) < 4.78 is 18.6. The van der Waals surface area contributed by atoms with Crippen LogP contribution in [0.4, 0.5) is 15.8 Å². The molecule has 0 atom stereocenters. The molecule has 120 valence electrons. The number of anilines is 2. The molecule has 0 unspecified atom stereocenters. The Balaban J connectivity index is 2.24. The van der Waals surface area contributed by atoms with Gasteiger partial charge in [-0.3, -0.25) is 9.59 Å². The molecule has 0 aliphatic carbocycles. The summed E-state index contributed by atoms with van der Waals surface area (Å²) in [5, 5.41) is 4.96. The van der Waals surface area contributed by atoms with Crippen molar-refractivity contribution in [2.24, 2.45) is 0 Å². The molecule has 5 nitrogen and oxygen atoms in total. The van der Waals surface area contributed by atoms with E-state index in [-0.39, 0.29) is 16.5 Å². The van der Waals surface area contributed by atoms with Gasteiger partial charge in [0.15, 0.2) is 0 Å². The molecule has 0 aromatic heterocycles.